The topological polar surface area (TPSA) is 15.3 Å². The molecule has 2 heterocycles. The second-order valence-electron chi connectivity index (χ2n) is 5.05. The van der Waals surface area contributed by atoms with Crippen LogP contribution in [-0.4, -0.2) is 26.2 Å². The number of rotatable bonds is 1. The van der Waals surface area contributed by atoms with Crippen molar-refractivity contribution in [3.63, 3.8) is 0 Å². The lowest BCUT2D eigenvalue weighted by Crippen LogP contribution is -2.29. The zero-order chi connectivity index (χ0) is 11.0. The van der Waals surface area contributed by atoms with Gasteiger partial charge in [-0.3, -0.25) is 0 Å². The Morgan fingerprint density at radius 2 is 2.12 bits per heavy atom. The first-order valence-electron chi connectivity index (χ1n) is 5.99. The lowest BCUT2D eigenvalue weighted by atomic mass is 9.86. The first kappa shape index (κ1) is 10.4. The van der Waals surface area contributed by atoms with Gasteiger partial charge in [0.1, 0.15) is 0 Å². The number of para-hydroxylation sites is 1. The van der Waals surface area contributed by atoms with Gasteiger partial charge in [-0.05, 0) is 31.5 Å². The van der Waals surface area contributed by atoms with Crippen LogP contribution in [-0.2, 0) is 0 Å². The summed E-state index contributed by atoms with van der Waals surface area (Å²) in [6.45, 7) is 4.65. The average Bonchev–Trinajstić information content (AvgIpc) is 2.91. The zero-order valence-corrected chi connectivity index (χ0v) is 10.1. The minimum atomic E-state index is 0.513. The number of nitrogens with zero attached hydrogens (tertiary/aromatic N) is 1. The van der Waals surface area contributed by atoms with Crippen LogP contribution in [0.3, 0.4) is 0 Å². The van der Waals surface area contributed by atoms with Crippen LogP contribution in [0.4, 0.5) is 5.69 Å². The molecule has 2 aliphatic rings. The van der Waals surface area contributed by atoms with Crippen LogP contribution in [0.5, 0.6) is 0 Å². The van der Waals surface area contributed by atoms with E-state index in [1.807, 2.05) is 12.1 Å². The average molecular weight is 237 g/mol. The van der Waals surface area contributed by atoms with Gasteiger partial charge in [-0.2, -0.15) is 0 Å². The van der Waals surface area contributed by atoms with E-state index in [-0.39, 0.29) is 0 Å². The van der Waals surface area contributed by atoms with Crippen LogP contribution < -0.4 is 10.2 Å². The number of anilines is 1. The van der Waals surface area contributed by atoms with Crippen molar-refractivity contribution < 1.29 is 0 Å². The van der Waals surface area contributed by atoms with Crippen LogP contribution >= 0.6 is 11.6 Å². The van der Waals surface area contributed by atoms with Crippen LogP contribution in [0.25, 0.3) is 0 Å². The summed E-state index contributed by atoms with van der Waals surface area (Å²) in [5.74, 6) is 0. The maximum atomic E-state index is 6.24. The van der Waals surface area contributed by atoms with Gasteiger partial charge in [0.25, 0.3) is 0 Å². The highest BCUT2D eigenvalue weighted by molar-refractivity contribution is 6.33. The molecule has 1 atom stereocenters. The van der Waals surface area contributed by atoms with Crippen molar-refractivity contribution in [1.82, 2.24) is 5.32 Å². The van der Waals surface area contributed by atoms with Crippen molar-refractivity contribution in [2.45, 2.75) is 12.8 Å². The van der Waals surface area contributed by atoms with E-state index in [2.05, 4.69) is 22.3 Å². The second-order valence-corrected chi connectivity index (χ2v) is 5.46. The molecule has 3 heteroatoms. The molecule has 0 aromatic heterocycles. The minimum Gasteiger partial charge on any atom is -0.370 e. The lowest BCUT2D eigenvalue weighted by molar-refractivity contribution is 0.369. The van der Waals surface area contributed by atoms with Gasteiger partial charge in [-0.25, -0.2) is 0 Å². The largest absolute Gasteiger partial charge is 0.370 e. The molecule has 2 aliphatic heterocycles. The van der Waals surface area contributed by atoms with Crippen LogP contribution in [0, 0.1) is 5.41 Å². The number of hydrogen-bond acceptors (Lipinski definition) is 2. The Kier molecular flexibility index (Phi) is 2.56. The zero-order valence-electron chi connectivity index (χ0n) is 9.38. The maximum Gasteiger partial charge on any atom is 0.0639 e. The van der Waals surface area contributed by atoms with Gasteiger partial charge in [-0.1, -0.05) is 23.7 Å². The van der Waals surface area contributed by atoms with Gasteiger partial charge in [-0.15, -0.1) is 0 Å². The summed E-state index contributed by atoms with van der Waals surface area (Å²) >= 11 is 6.24. The fourth-order valence-corrected chi connectivity index (χ4v) is 3.25. The molecule has 1 aromatic carbocycles. The highest BCUT2D eigenvalue weighted by Crippen LogP contribution is 2.39. The van der Waals surface area contributed by atoms with Gasteiger partial charge >= 0.3 is 0 Å². The minimum absolute atomic E-state index is 0.513. The SMILES string of the molecule is Clc1ccccc1N1CC[C@]2(CCNC2)C1. The Hall–Kier alpha value is -0.730. The Labute approximate surface area is 102 Å². The predicted molar refractivity (Wildman–Crippen MR) is 68.2 cm³/mol. The van der Waals surface area contributed by atoms with Gasteiger partial charge in [0.2, 0.25) is 0 Å². The highest BCUT2D eigenvalue weighted by atomic mass is 35.5. The fraction of sp³-hybridized carbons (Fsp3) is 0.538. The molecule has 2 nitrogen and oxygen atoms in total. The van der Waals surface area contributed by atoms with E-state index >= 15 is 0 Å². The smallest absolute Gasteiger partial charge is 0.0639 e. The molecule has 3 rings (SSSR count). The van der Waals surface area contributed by atoms with E-state index in [1.165, 1.54) is 31.6 Å². The number of benzene rings is 1. The molecule has 0 unspecified atom stereocenters. The van der Waals surface area contributed by atoms with E-state index in [0.29, 0.717) is 5.41 Å². The van der Waals surface area contributed by atoms with Crippen LogP contribution in [0.15, 0.2) is 24.3 Å². The first-order chi connectivity index (χ1) is 7.79. The van der Waals surface area contributed by atoms with Gasteiger partial charge < -0.3 is 10.2 Å². The summed E-state index contributed by atoms with van der Waals surface area (Å²) in [6.07, 6.45) is 2.61. The molecule has 2 fully saturated rings. The van der Waals surface area contributed by atoms with Gasteiger partial charge in [0.15, 0.2) is 0 Å². The predicted octanol–water partition coefficient (Wildman–Crippen LogP) is 2.53. The van der Waals surface area contributed by atoms with Gasteiger partial charge in [0.05, 0.1) is 10.7 Å². The van der Waals surface area contributed by atoms with E-state index in [4.69, 9.17) is 11.6 Å². The quantitative estimate of drug-likeness (QED) is 0.806. The molecule has 0 bridgehead atoms. The molecule has 1 aromatic rings. The van der Waals surface area contributed by atoms with Gasteiger partial charge in [0, 0.05) is 25.0 Å². The molecular formula is C13H17ClN2. The molecular weight excluding hydrogens is 220 g/mol. The van der Waals surface area contributed by atoms with E-state index in [0.717, 1.165) is 18.1 Å². The lowest BCUT2D eigenvalue weighted by Gasteiger charge is -2.24. The summed E-state index contributed by atoms with van der Waals surface area (Å²) in [4.78, 5) is 2.44. The van der Waals surface area contributed by atoms with Crippen molar-refractivity contribution in [1.29, 1.82) is 0 Å². The van der Waals surface area contributed by atoms with E-state index < -0.39 is 0 Å². The van der Waals surface area contributed by atoms with E-state index in [9.17, 15) is 0 Å². The summed E-state index contributed by atoms with van der Waals surface area (Å²) in [6, 6.07) is 8.17. The highest BCUT2D eigenvalue weighted by Gasteiger charge is 2.40. The third kappa shape index (κ3) is 1.70. The molecule has 1 N–H and O–H groups in total. The monoisotopic (exact) mass is 236 g/mol. The standard InChI is InChI=1S/C13H17ClN2/c14-11-3-1-2-4-12(11)16-8-6-13(10-16)5-7-15-9-13/h1-4,15H,5-10H2/t13-/m0/s1. The number of hydrogen-bond donors (Lipinski definition) is 1. The third-order valence-electron chi connectivity index (χ3n) is 3.96. The molecule has 16 heavy (non-hydrogen) atoms. The first-order valence-corrected chi connectivity index (χ1v) is 6.37. The van der Waals surface area contributed by atoms with Crippen LogP contribution in [0.1, 0.15) is 12.8 Å². The summed E-state index contributed by atoms with van der Waals surface area (Å²) in [5.41, 5.74) is 1.71. The molecule has 2 saturated heterocycles. The molecule has 0 aliphatic carbocycles. The van der Waals surface area contributed by atoms with E-state index in [1.54, 1.807) is 0 Å². The summed E-state index contributed by atoms with van der Waals surface area (Å²) in [7, 11) is 0. The van der Waals surface area contributed by atoms with Crippen molar-refractivity contribution in [3.8, 4) is 0 Å². The van der Waals surface area contributed by atoms with Crippen LogP contribution in [0.2, 0.25) is 5.02 Å². The van der Waals surface area contributed by atoms with Crippen molar-refractivity contribution in [2.75, 3.05) is 31.1 Å². The molecule has 86 valence electrons. The second kappa shape index (κ2) is 3.94. The normalized spacial score (nSPS) is 29.2. The number of halogens is 1. The maximum absolute atomic E-state index is 6.24. The Morgan fingerprint density at radius 3 is 2.88 bits per heavy atom. The Bertz CT molecular complexity index is 385. The van der Waals surface area contributed by atoms with Crippen molar-refractivity contribution >= 4 is 17.3 Å². The van der Waals surface area contributed by atoms with Crippen molar-refractivity contribution in [3.05, 3.63) is 29.3 Å². The summed E-state index contributed by atoms with van der Waals surface area (Å²) in [5, 5.41) is 4.36. The summed E-state index contributed by atoms with van der Waals surface area (Å²) < 4.78 is 0. The third-order valence-corrected chi connectivity index (χ3v) is 4.28. The molecule has 0 radical (unpaired) electrons. The molecule has 0 saturated carbocycles. The fourth-order valence-electron chi connectivity index (χ4n) is 2.99. The molecule has 1 spiro atoms. The Morgan fingerprint density at radius 1 is 1.25 bits per heavy atom. The van der Waals surface area contributed by atoms with Crippen molar-refractivity contribution in [2.24, 2.45) is 5.41 Å². The molecule has 0 amide bonds. The number of nitrogens with one attached hydrogen (secondary N) is 1. The Balaban J connectivity index is 1.81.